The van der Waals surface area contributed by atoms with Crippen LogP contribution < -0.4 is 0 Å². The van der Waals surface area contributed by atoms with E-state index in [1.54, 1.807) is 32.2 Å². The second-order valence-electron chi connectivity index (χ2n) is 2.38. The molecule has 0 heterocycles. The Bertz CT molecular complexity index is 329. The zero-order valence-corrected chi connectivity index (χ0v) is 7.51. The molecular weight excluding hydrogens is 167 g/mol. The summed E-state index contributed by atoms with van der Waals surface area (Å²) in [6, 6.07) is 6.90. The van der Waals surface area contributed by atoms with Gasteiger partial charge in [-0.15, -0.1) is 0 Å². The Labute approximate surface area is 76.8 Å². The van der Waals surface area contributed by atoms with Crippen molar-refractivity contribution in [3.63, 3.8) is 0 Å². The van der Waals surface area contributed by atoms with Crippen LogP contribution in [-0.4, -0.2) is 19.9 Å². The average molecular weight is 176 g/mol. The Morgan fingerprint density at radius 3 is 2.23 bits per heavy atom. The van der Waals surface area contributed by atoms with Crippen LogP contribution in [0.3, 0.4) is 0 Å². The van der Waals surface area contributed by atoms with Crippen LogP contribution in [0.2, 0.25) is 0 Å². The summed E-state index contributed by atoms with van der Waals surface area (Å²) in [6.45, 7) is 0. The molecule has 1 rings (SSSR count). The predicted molar refractivity (Wildman–Crippen MR) is 51.1 cm³/mol. The first-order valence-corrected chi connectivity index (χ1v) is 3.75. The summed E-state index contributed by atoms with van der Waals surface area (Å²) in [4.78, 5) is 0.510. The summed E-state index contributed by atoms with van der Waals surface area (Å²) >= 11 is 0. The van der Waals surface area contributed by atoms with Gasteiger partial charge in [0.05, 0.1) is 5.69 Å². The molecular formula is C7H9BN4O. The molecule has 0 bridgehead atoms. The number of hydrogen-bond acceptors (Lipinski definition) is 4. The molecule has 0 fully saturated rings. The Morgan fingerprint density at radius 1 is 1.23 bits per heavy atom. The molecule has 0 aliphatic carbocycles. The second kappa shape index (κ2) is 4.35. The van der Waals surface area contributed by atoms with Gasteiger partial charge in [-0.3, -0.25) is 5.03 Å². The lowest BCUT2D eigenvalue weighted by atomic mass is 10.3. The summed E-state index contributed by atoms with van der Waals surface area (Å²) < 4.78 is 0. The summed E-state index contributed by atoms with van der Waals surface area (Å²) in [5.41, 5.74) is 1.35. The van der Waals surface area contributed by atoms with Gasteiger partial charge >= 0.3 is 0 Å². The van der Waals surface area contributed by atoms with Crippen molar-refractivity contribution in [3.8, 4) is 0 Å². The second-order valence-corrected chi connectivity index (χ2v) is 2.38. The number of hydroxylamine groups is 1. The third kappa shape index (κ3) is 3.02. The summed E-state index contributed by atoms with van der Waals surface area (Å²) in [7, 11) is 2.93. The molecule has 0 N–H and O–H groups in total. The van der Waals surface area contributed by atoms with Crippen LogP contribution in [0, 0.1) is 5.21 Å². The maximum Gasteiger partial charge on any atom is 0.273 e. The van der Waals surface area contributed by atoms with E-state index < -0.39 is 0 Å². The van der Waals surface area contributed by atoms with Crippen molar-refractivity contribution < 1.29 is 4.86 Å². The molecule has 0 radical (unpaired) electrons. The minimum absolute atomic E-state index is 0.510. The summed E-state index contributed by atoms with van der Waals surface area (Å²) in [5, 5.41) is 21.6. The molecule has 0 aliphatic heterocycles. The molecule has 0 aliphatic rings. The summed E-state index contributed by atoms with van der Waals surface area (Å²) in [6.07, 6.45) is 0. The molecule has 13 heavy (non-hydrogen) atoms. The van der Waals surface area contributed by atoms with Gasteiger partial charge in [-0.1, -0.05) is 4.86 Å². The van der Waals surface area contributed by atoms with Crippen LogP contribution in [0.25, 0.3) is 0 Å². The molecule has 1 aromatic carbocycles. The summed E-state index contributed by atoms with van der Waals surface area (Å²) in [5.74, 6) is 0. The van der Waals surface area contributed by atoms with E-state index in [1.807, 2.05) is 0 Å². The predicted octanol–water partition coefficient (Wildman–Crippen LogP) is 1.54. The van der Waals surface area contributed by atoms with E-state index in [9.17, 15) is 5.21 Å². The van der Waals surface area contributed by atoms with Crippen molar-refractivity contribution in [2.24, 2.45) is 15.3 Å². The first-order valence-electron chi connectivity index (χ1n) is 3.75. The molecule has 6 heteroatoms. The number of azo groups is 1. The molecule has 0 amide bonds. The molecule has 0 unspecified atom stereocenters. The van der Waals surface area contributed by atoms with Gasteiger partial charge in [-0.2, -0.15) is 5.11 Å². The Kier molecular flexibility index (Phi) is 3.13. The van der Waals surface area contributed by atoms with E-state index >= 15 is 0 Å². The maximum atomic E-state index is 10.5. The molecule has 0 saturated heterocycles. The monoisotopic (exact) mass is 176 g/mol. The first-order chi connectivity index (χ1) is 6.22. The van der Waals surface area contributed by atoms with E-state index in [0.29, 0.717) is 10.5 Å². The third-order valence-corrected chi connectivity index (χ3v) is 1.32. The highest BCUT2D eigenvalue weighted by atomic mass is 16.5. The van der Waals surface area contributed by atoms with Crippen molar-refractivity contribution in [2.75, 3.05) is 7.05 Å². The van der Waals surface area contributed by atoms with Gasteiger partial charge in [-0.05, 0) is 24.3 Å². The van der Waals surface area contributed by atoms with Gasteiger partial charge in [-0.25, -0.2) is 0 Å². The van der Waals surface area contributed by atoms with E-state index in [4.69, 9.17) is 0 Å². The lowest BCUT2D eigenvalue weighted by Gasteiger charge is -1.93. The van der Waals surface area contributed by atoms with Crippen molar-refractivity contribution in [3.05, 3.63) is 29.5 Å². The Morgan fingerprint density at radius 2 is 1.77 bits per heavy atom. The van der Waals surface area contributed by atoms with Crippen molar-refractivity contribution in [1.82, 2.24) is 0 Å². The minimum Gasteiger partial charge on any atom is -0.600 e. The topological polar surface area (TPSA) is 63.1 Å². The van der Waals surface area contributed by atoms with Gasteiger partial charge in [0.15, 0.2) is 7.05 Å². The number of nitrogens with zero attached hydrogens (tertiary/aromatic N) is 4. The van der Waals surface area contributed by atoms with Crippen LogP contribution in [0.5, 0.6) is 0 Å². The van der Waals surface area contributed by atoms with Crippen molar-refractivity contribution in [2.45, 2.75) is 0 Å². The fraction of sp³-hybridized carbons (Fsp3) is 0.143. The smallest absolute Gasteiger partial charge is 0.273 e. The molecule has 1 aromatic rings. The van der Waals surface area contributed by atoms with Crippen molar-refractivity contribution >= 4 is 19.4 Å². The van der Waals surface area contributed by atoms with Crippen molar-refractivity contribution in [1.29, 1.82) is 0 Å². The Hall–Kier alpha value is -1.72. The molecule has 0 spiro atoms. The highest BCUT2D eigenvalue weighted by Crippen LogP contribution is 2.18. The standard InChI is InChI=1S/C7H9BN4O/c1-12(13)10-7-4-2-6(3-5-7)9-11-8/h2-5H,8H2,1H3. The van der Waals surface area contributed by atoms with Gasteiger partial charge in [0.2, 0.25) is 0 Å². The van der Waals surface area contributed by atoms with E-state index in [1.165, 1.54) is 7.05 Å². The first kappa shape index (κ1) is 9.37. The molecule has 0 atom stereocenters. The maximum absolute atomic E-state index is 10.5. The highest BCUT2D eigenvalue weighted by Gasteiger charge is 1.93. The number of benzene rings is 1. The highest BCUT2D eigenvalue weighted by molar-refractivity contribution is 6.04. The van der Waals surface area contributed by atoms with Crippen LogP contribution in [0.1, 0.15) is 0 Å². The van der Waals surface area contributed by atoms with Gasteiger partial charge in [0.1, 0.15) is 5.69 Å². The normalized spacial score (nSPS) is 12.2. The lowest BCUT2D eigenvalue weighted by molar-refractivity contribution is -0.493. The number of rotatable bonds is 2. The fourth-order valence-electron chi connectivity index (χ4n) is 0.864. The minimum atomic E-state index is 0.510. The van der Waals surface area contributed by atoms with E-state index in [2.05, 4.69) is 15.3 Å². The van der Waals surface area contributed by atoms with E-state index in [0.717, 1.165) is 5.69 Å². The molecule has 0 aromatic heterocycles. The van der Waals surface area contributed by atoms with Crippen LogP contribution in [0.15, 0.2) is 39.5 Å². The largest absolute Gasteiger partial charge is 0.600 e. The average Bonchev–Trinajstić information content (AvgIpc) is 2.08. The SMILES string of the molecule is BN=Nc1ccc(N=[N+](C)[O-])cc1. The molecule has 0 saturated carbocycles. The lowest BCUT2D eigenvalue weighted by Crippen LogP contribution is -1.85. The van der Waals surface area contributed by atoms with Crippen LogP contribution in [-0.2, 0) is 0 Å². The third-order valence-electron chi connectivity index (χ3n) is 1.32. The fourth-order valence-corrected chi connectivity index (χ4v) is 0.864. The van der Waals surface area contributed by atoms with E-state index in [-0.39, 0.29) is 0 Å². The quantitative estimate of drug-likeness (QED) is 0.291. The molecule has 5 nitrogen and oxygen atoms in total. The van der Waals surface area contributed by atoms with Gasteiger partial charge in [0, 0.05) is 5.11 Å². The van der Waals surface area contributed by atoms with Gasteiger partial charge < -0.3 is 5.21 Å². The zero-order chi connectivity index (χ0) is 9.68. The Balaban J connectivity index is 2.87. The molecule has 66 valence electrons. The van der Waals surface area contributed by atoms with Crippen LogP contribution >= 0.6 is 0 Å². The number of hydrogen-bond donors (Lipinski definition) is 0. The zero-order valence-electron chi connectivity index (χ0n) is 7.51. The van der Waals surface area contributed by atoms with Gasteiger partial charge in [0.25, 0.3) is 7.98 Å². The van der Waals surface area contributed by atoms with Crippen LogP contribution in [0.4, 0.5) is 11.4 Å².